The van der Waals surface area contributed by atoms with E-state index in [4.69, 9.17) is 4.74 Å². The monoisotopic (exact) mass is 498 g/mol. The highest BCUT2D eigenvalue weighted by Crippen LogP contribution is 2.77. The van der Waals surface area contributed by atoms with Gasteiger partial charge in [0.05, 0.1) is 5.57 Å². The maximum Gasteiger partial charge on any atom is 0.384 e. The van der Waals surface area contributed by atoms with Crippen LogP contribution in [0.4, 0.5) is 48.3 Å². The zero-order chi connectivity index (χ0) is 24.8. The van der Waals surface area contributed by atoms with Crippen molar-refractivity contribution in [2.75, 3.05) is 0 Å². The van der Waals surface area contributed by atoms with Crippen LogP contribution < -0.4 is 0 Å². The SMILES string of the molecule is C=C(C(=O)OC12CC3CC4CC(C1)C4(C3)C2)C1(F)C(F)(F)C(F)(F)C(F)(F)C(F)(F)C1(F)F. The normalized spacial score (nSPS) is 45.7. The lowest BCUT2D eigenvalue weighted by Gasteiger charge is -2.52. The van der Waals surface area contributed by atoms with Gasteiger partial charge in [-0.25, -0.2) is 9.18 Å². The van der Waals surface area contributed by atoms with E-state index in [1.165, 1.54) is 0 Å². The van der Waals surface area contributed by atoms with Gasteiger partial charge >= 0.3 is 35.6 Å². The molecule has 33 heavy (non-hydrogen) atoms. The third kappa shape index (κ3) is 2.09. The smallest absolute Gasteiger partial charge is 0.384 e. The lowest BCUT2D eigenvalue weighted by Crippen LogP contribution is -2.84. The van der Waals surface area contributed by atoms with E-state index < -0.39 is 52.4 Å². The summed E-state index contributed by atoms with van der Waals surface area (Å²) in [7, 11) is 0. The van der Waals surface area contributed by atoms with Gasteiger partial charge in [0, 0.05) is 0 Å². The molecule has 0 aromatic carbocycles. The van der Waals surface area contributed by atoms with Crippen LogP contribution in [0.15, 0.2) is 12.2 Å². The Morgan fingerprint density at radius 2 is 1.21 bits per heavy atom. The van der Waals surface area contributed by atoms with Crippen molar-refractivity contribution in [3.63, 3.8) is 0 Å². The third-order valence-corrected chi connectivity index (χ3v) is 8.83. The number of carbonyl (C=O) groups is 1. The second-order valence-corrected chi connectivity index (χ2v) is 10.3. The van der Waals surface area contributed by atoms with E-state index in [1.54, 1.807) is 0 Å². The summed E-state index contributed by atoms with van der Waals surface area (Å²) in [4.78, 5) is 12.5. The summed E-state index contributed by atoms with van der Waals surface area (Å²) in [6.07, 6.45) is 2.95. The number of halogens is 11. The number of rotatable bonds is 3. The Morgan fingerprint density at radius 1 is 0.697 bits per heavy atom. The van der Waals surface area contributed by atoms with Crippen LogP contribution in [0.1, 0.15) is 38.5 Å². The molecule has 2 nitrogen and oxygen atoms in total. The zero-order valence-electron chi connectivity index (χ0n) is 16.7. The van der Waals surface area contributed by atoms with E-state index in [1.807, 2.05) is 0 Å². The first-order valence-corrected chi connectivity index (χ1v) is 10.2. The first-order valence-electron chi connectivity index (χ1n) is 10.2. The second-order valence-electron chi connectivity index (χ2n) is 10.3. The quantitative estimate of drug-likeness (QED) is 0.273. The molecule has 5 aliphatic carbocycles. The molecule has 0 saturated heterocycles. The van der Waals surface area contributed by atoms with E-state index in [0.29, 0.717) is 5.92 Å². The molecule has 3 bridgehead atoms. The van der Waals surface area contributed by atoms with Gasteiger partial charge < -0.3 is 4.74 Å². The van der Waals surface area contributed by atoms with E-state index in [2.05, 4.69) is 6.58 Å². The van der Waals surface area contributed by atoms with E-state index in [9.17, 15) is 48.7 Å². The highest BCUT2D eigenvalue weighted by molar-refractivity contribution is 5.91. The number of ether oxygens (including phenoxy) is 1. The molecule has 5 atom stereocenters. The van der Waals surface area contributed by atoms with Gasteiger partial charge in [0.25, 0.3) is 5.67 Å². The van der Waals surface area contributed by atoms with Gasteiger partial charge in [-0.1, -0.05) is 6.58 Å². The van der Waals surface area contributed by atoms with Crippen molar-refractivity contribution in [2.24, 2.45) is 23.2 Å². The molecule has 0 aromatic rings. The Balaban J connectivity index is 1.51. The second kappa shape index (κ2) is 5.63. The van der Waals surface area contributed by atoms with Crippen molar-refractivity contribution in [1.29, 1.82) is 0 Å². The number of carbonyl (C=O) groups excluding carboxylic acids is 1. The summed E-state index contributed by atoms with van der Waals surface area (Å²) >= 11 is 0. The van der Waals surface area contributed by atoms with Gasteiger partial charge in [-0.15, -0.1) is 0 Å². The van der Waals surface area contributed by atoms with Gasteiger partial charge in [0.1, 0.15) is 5.60 Å². The molecule has 1 spiro atoms. The van der Waals surface area contributed by atoms with Gasteiger partial charge in [-0.05, 0) is 61.7 Å². The summed E-state index contributed by atoms with van der Waals surface area (Å²) < 4.78 is 159. The molecular weight excluding hydrogens is 481 g/mol. The van der Waals surface area contributed by atoms with Crippen molar-refractivity contribution < 1.29 is 57.8 Å². The highest BCUT2D eigenvalue weighted by atomic mass is 19.4. The predicted octanol–water partition coefficient (Wildman–Crippen LogP) is 5.95. The van der Waals surface area contributed by atoms with Crippen LogP contribution in [-0.2, 0) is 9.53 Å². The van der Waals surface area contributed by atoms with Crippen LogP contribution in [0.5, 0.6) is 0 Å². The average Bonchev–Trinajstić information content (AvgIpc) is 2.99. The highest BCUT2D eigenvalue weighted by Gasteiger charge is 3.02. The molecule has 5 unspecified atom stereocenters. The molecule has 0 heterocycles. The predicted molar refractivity (Wildman–Crippen MR) is 87.1 cm³/mol. The van der Waals surface area contributed by atoms with Gasteiger partial charge in [-0.2, -0.15) is 43.9 Å². The van der Waals surface area contributed by atoms with Crippen molar-refractivity contribution >= 4 is 5.97 Å². The molecule has 5 aliphatic rings. The van der Waals surface area contributed by atoms with Crippen LogP contribution in [0, 0.1) is 23.2 Å². The van der Waals surface area contributed by atoms with Gasteiger partial charge in [0.15, 0.2) is 0 Å². The van der Waals surface area contributed by atoms with E-state index in [0.717, 1.165) is 19.3 Å². The summed E-state index contributed by atoms with van der Waals surface area (Å²) in [5.74, 6) is -38.1. The third-order valence-electron chi connectivity index (χ3n) is 8.83. The minimum Gasteiger partial charge on any atom is -0.456 e. The lowest BCUT2D eigenvalue weighted by atomic mass is 9.56. The maximum atomic E-state index is 15.2. The standard InChI is InChI=1S/C20H17F11O2/c1-8(12(32)33-13-4-9-2-10-3-11(6-13)14(10,5-9)7-13)15(21)16(22,23)18(26,27)20(30,31)19(28,29)17(15,24)25/h9-11H,1-7H2. The number of alkyl halides is 11. The van der Waals surface area contributed by atoms with Crippen molar-refractivity contribution in [2.45, 2.75) is 79.4 Å². The molecule has 186 valence electrons. The Labute approximate surface area is 179 Å². The lowest BCUT2D eigenvalue weighted by molar-refractivity contribution is -0.478. The topological polar surface area (TPSA) is 26.3 Å². The van der Waals surface area contributed by atoms with Crippen LogP contribution in [0.3, 0.4) is 0 Å². The molecule has 0 N–H and O–H groups in total. The van der Waals surface area contributed by atoms with Crippen LogP contribution in [-0.4, -0.2) is 46.9 Å². The van der Waals surface area contributed by atoms with Crippen molar-refractivity contribution in [1.82, 2.24) is 0 Å². The number of hydrogen-bond donors (Lipinski definition) is 0. The fraction of sp³-hybridized carbons (Fsp3) is 0.850. The van der Waals surface area contributed by atoms with E-state index in [-0.39, 0.29) is 36.5 Å². The summed E-state index contributed by atoms with van der Waals surface area (Å²) in [5, 5.41) is 0. The molecule has 5 rings (SSSR count). The number of fused-ring (bicyclic) bond motifs is 2. The van der Waals surface area contributed by atoms with Crippen LogP contribution >= 0.6 is 0 Å². The average molecular weight is 498 g/mol. The molecular formula is C20H17F11O2. The van der Waals surface area contributed by atoms with Crippen molar-refractivity contribution in [3.05, 3.63) is 12.2 Å². The van der Waals surface area contributed by atoms with Crippen molar-refractivity contribution in [3.8, 4) is 0 Å². The van der Waals surface area contributed by atoms with Gasteiger partial charge in [-0.3, -0.25) is 0 Å². The zero-order valence-corrected chi connectivity index (χ0v) is 16.7. The van der Waals surface area contributed by atoms with Gasteiger partial charge in [0.2, 0.25) is 0 Å². The first-order chi connectivity index (χ1) is 14.7. The summed E-state index contributed by atoms with van der Waals surface area (Å²) in [6.45, 7) is 2.32. The molecule has 0 aromatic heterocycles. The van der Waals surface area contributed by atoms with Crippen LogP contribution in [0.2, 0.25) is 0 Å². The number of esters is 1. The Morgan fingerprint density at radius 3 is 1.76 bits per heavy atom. The maximum absolute atomic E-state index is 15.2. The Hall–Kier alpha value is -1.56. The fourth-order valence-electron chi connectivity index (χ4n) is 7.40. The molecule has 5 fully saturated rings. The Kier molecular flexibility index (Phi) is 3.96. The summed E-state index contributed by atoms with van der Waals surface area (Å²) in [5.41, 5.74) is -10.9. The van der Waals surface area contributed by atoms with Crippen LogP contribution in [0.25, 0.3) is 0 Å². The number of hydrogen-bond acceptors (Lipinski definition) is 2. The molecule has 0 radical (unpaired) electrons. The molecule has 0 amide bonds. The first kappa shape index (κ1) is 23.2. The minimum absolute atomic E-state index is 0.0431. The molecule has 0 aliphatic heterocycles. The minimum atomic E-state index is -7.34. The van der Waals surface area contributed by atoms with E-state index >= 15 is 4.39 Å². The largest absolute Gasteiger partial charge is 0.456 e. The fourth-order valence-corrected chi connectivity index (χ4v) is 7.40. The summed E-state index contributed by atoms with van der Waals surface area (Å²) in [6, 6.07) is 0. The molecule has 13 heteroatoms. The Bertz CT molecular complexity index is 926. The molecule has 5 saturated carbocycles.